The molecule has 0 radical (unpaired) electrons. The Hall–Kier alpha value is -2.20. The predicted molar refractivity (Wildman–Crippen MR) is 98.1 cm³/mol. The van der Waals surface area contributed by atoms with Gasteiger partial charge >= 0.3 is 5.97 Å². The maximum Gasteiger partial charge on any atom is 0.328 e. The third-order valence-electron chi connectivity index (χ3n) is 3.47. The van der Waals surface area contributed by atoms with E-state index in [9.17, 15) is 9.90 Å². The first-order valence-corrected chi connectivity index (χ1v) is 11.5. The highest BCUT2D eigenvalue weighted by molar-refractivity contribution is 6.76. The molecule has 1 unspecified atom stereocenters. The molecule has 0 fully saturated rings. The zero-order chi connectivity index (χ0) is 16.9. The van der Waals surface area contributed by atoms with Gasteiger partial charge in [-0.1, -0.05) is 80.3 Å². The Balaban J connectivity index is 2.49. The fourth-order valence-electron chi connectivity index (χ4n) is 2.43. The number of carbonyl (C=O) groups is 1. The summed E-state index contributed by atoms with van der Waals surface area (Å²) in [6.45, 7) is 6.51. The van der Waals surface area contributed by atoms with E-state index in [1.165, 1.54) is 0 Å². The van der Waals surface area contributed by atoms with E-state index in [0.717, 1.165) is 16.8 Å². The van der Waals surface area contributed by atoms with Crippen LogP contribution < -0.4 is 0 Å². The van der Waals surface area contributed by atoms with Crippen LogP contribution in [0.25, 0.3) is 0 Å². The Morgan fingerprint density at radius 2 is 1.39 bits per heavy atom. The lowest BCUT2D eigenvalue weighted by Crippen LogP contribution is -2.31. The summed E-state index contributed by atoms with van der Waals surface area (Å²) >= 11 is 0. The molecule has 2 rings (SSSR count). The highest BCUT2D eigenvalue weighted by Crippen LogP contribution is 2.18. The maximum absolute atomic E-state index is 11.7. The van der Waals surface area contributed by atoms with Gasteiger partial charge in [0.15, 0.2) is 0 Å². The third-order valence-corrected chi connectivity index (χ3v) is 5.08. The van der Waals surface area contributed by atoms with Crippen LogP contribution in [0.5, 0.6) is 0 Å². The highest BCUT2D eigenvalue weighted by atomic mass is 28.3. The van der Waals surface area contributed by atoms with Crippen LogP contribution in [0.1, 0.15) is 11.1 Å². The van der Waals surface area contributed by atoms with E-state index in [0.29, 0.717) is 6.04 Å². The second-order valence-corrected chi connectivity index (χ2v) is 12.4. The van der Waals surface area contributed by atoms with Gasteiger partial charge in [0.25, 0.3) is 0 Å². The molecule has 0 bridgehead atoms. The van der Waals surface area contributed by atoms with Gasteiger partial charge < -0.3 is 5.11 Å². The summed E-state index contributed by atoms with van der Waals surface area (Å²) in [5, 5.41) is 9.59. The van der Waals surface area contributed by atoms with E-state index in [1.54, 1.807) is 0 Å². The summed E-state index contributed by atoms with van der Waals surface area (Å²) in [7, 11) is -1.54. The molecule has 0 aliphatic heterocycles. The molecule has 1 N–H and O–H groups in total. The SMILES string of the molecule is C[Si](C)(C)CC(N=C(c1ccccc1)c1ccccc1)C(=O)O. The van der Waals surface area contributed by atoms with Gasteiger partial charge in [-0.2, -0.15) is 0 Å². The number of aliphatic carboxylic acids is 1. The van der Waals surface area contributed by atoms with Gasteiger partial charge in [-0.05, 0) is 6.04 Å². The first kappa shape index (κ1) is 17.2. The lowest BCUT2D eigenvalue weighted by Gasteiger charge is -2.20. The molecule has 23 heavy (non-hydrogen) atoms. The minimum absolute atomic E-state index is 0.630. The number of carboxylic acids is 1. The molecule has 2 aromatic carbocycles. The monoisotopic (exact) mass is 325 g/mol. The van der Waals surface area contributed by atoms with Crippen LogP contribution in [0.4, 0.5) is 0 Å². The molecule has 0 spiro atoms. The van der Waals surface area contributed by atoms with E-state index in [1.807, 2.05) is 60.7 Å². The fourth-order valence-corrected chi connectivity index (χ4v) is 3.86. The number of nitrogens with zero attached hydrogens (tertiary/aromatic N) is 1. The molecule has 0 saturated heterocycles. The summed E-state index contributed by atoms with van der Waals surface area (Å²) in [5.74, 6) is -0.850. The molecular weight excluding hydrogens is 302 g/mol. The second kappa shape index (κ2) is 7.37. The van der Waals surface area contributed by atoms with Gasteiger partial charge in [0, 0.05) is 19.2 Å². The van der Waals surface area contributed by atoms with E-state index in [2.05, 4.69) is 24.6 Å². The largest absolute Gasteiger partial charge is 0.480 e. The first-order valence-electron chi connectivity index (χ1n) is 7.78. The number of aliphatic imine (C=N–C) groups is 1. The zero-order valence-corrected chi connectivity index (χ0v) is 14.9. The molecule has 3 nitrogen and oxygen atoms in total. The number of rotatable bonds is 6. The lowest BCUT2D eigenvalue weighted by atomic mass is 10.0. The molecule has 2 aromatic rings. The summed E-state index contributed by atoms with van der Waals surface area (Å²) < 4.78 is 0. The topological polar surface area (TPSA) is 49.7 Å². The quantitative estimate of drug-likeness (QED) is 0.635. The predicted octanol–water partition coefficient (Wildman–Crippen LogP) is 4.32. The number of hydrogen-bond donors (Lipinski definition) is 1. The van der Waals surface area contributed by atoms with Gasteiger partial charge in [-0.15, -0.1) is 0 Å². The van der Waals surface area contributed by atoms with Gasteiger partial charge in [-0.25, -0.2) is 4.79 Å². The fraction of sp³-hybridized carbons (Fsp3) is 0.263. The van der Waals surface area contributed by atoms with Crippen molar-refractivity contribution in [2.45, 2.75) is 31.7 Å². The standard InChI is InChI=1S/C19H23NO2Si/c1-23(2,3)14-17(19(21)22)20-18(15-10-6-4-7-11-15)16-12-8-5-9-13-16/h4-13,17H,14H2,1-3H3,(H,21,22). The van der Waals surface area contributed by atoms with Crippen molar-refractivity contribution in [2.24, 2.45) is 4.99 Å². The van der Waals surface area contributed by atoms with Crippen LogP contribution in [-0.4, -0.2) is 30.9 Å². The van der Waals surface area contributed by atoms with Gasteiger partial charge in [0.2, 0.25) is 0 Å². The smallest absolute Gasteiger partial charge is 0.328 e. The molecule has 0 aliphatic rings. The molecule has 120 valence electrons. The summed E-state index contributed by atoms with van der Waals surface area (Å²) in [4.78, 5) is 16.3. The summed E-state index contributed by atoms with van der Waals surface area (Å²) in [5.41, 5.74) is 2.64. The Kier molecular flexibility index (Phi) is 5.50. The number of carboxylic acid groups (broad SMARTS) is 1. The van der Waals surface area contributed by atoms with E-state index < -0.39 is 20.1 Å². The summed E-state index contributed by atoms with van der Waals surface area (Å²) in [6, 6.07) is 19.5. The van der Waals surface area contributed by atoms with E-state index in [-0.39, 0.29) is 0 Å². The minimum Gasteiger partial charge on any atom is -0.480 e. The zero-order valence-electron chi connectivity index (χ0n) is 13.9. The average molecular weight is 325 g/mol. The van der Waals surface area contributed by atoms with Gasteiger partial charge in [0.1, 0.15) is 6.04 Å². The lowest BCUT2D eigenvalue weighted by molar-refractivity contribution is -0.138. The Labute approximate surface area is 138 Å². The Bertz CT molecular complexity index is 634. The summed E-state index contributed by atoms with van der Waals surface area (Å²) in [6.07, 6.45) is 0. The van der Waals surface area contributed by atoms with E-state index in [4.69, 9.17) is 0 Å². The molecule has 0 amide bonds. The second-order valence-electron chi connectivity index (χ2n) is 6.83. The van der Waals surface area contributed by atoms with Crippen molar-refractivity contribution in [3.05, 3.63) is 71.8 Å². The maximum atomic E-state index is 11.7. The van der Waals surface area contributed by atoms with Crippen molar-refractivity contribution in [3.8, 4) is 0 Å². The van der Waals surface area contributed by atoms with Gasteiger partial charge in [0.05, 0.1) is 5.71 Å². The van der Waals surface area contributed by atoms with Crippen LogP contribution in [-0.2, 0) is 4.79 Å². The highest BCUT2D eigenvalue weighted by Gasteiger charge is 2.26. The van der Waals surface area contributed by atoms with Crippen LogP contribution in [0.3, 0.4) is 0 Å². The molecule has 0 saturated carbocycles. The minimum atomic E-state index is -1.54. The van der Waals surface area contributed by atoms with Crippen LogP contribution >= 0.6 is 0 Å². The van der Waals surface area contributed by atoms with Crippen LogP contribution in [0, 0.1) is 0 Å². The van der Waals surface area contributed by atoms with Gasteiger partial charge in [-0.3, -0.25) is 4.99 Å². The van der Waals surface area contributed by atoms with E-state index >= 15 is 0 Å². The van der Waals surface area contributed by atoms with Crippen molar-refractivity contribution in [1.29, 1.82) is 0 Å². The molecule has 4 heteroatoms. The molecule has 0 aliphatic carbocycles. The van der Waals surface area contributed by atoms with Crippen molar-refractivity contribution in [1.82, 2.24) is 0 Å². The normalized spacial score (nSPS) is 12.5. The van der Waals surface area contributed by atoms with Crippen molar-refractivity contribution in [2.75, 3.05) is 0 Å². The first-order chi connectivity index (χ1) is 10.9. The van der Waals surface area contributed by atoms with Crippen LogP contribution in [0.2, 0.25) is 25.7 Å². The molecule has 0 heterocycles. The van der Waals surface area contributed by atoms with Crippen molar-refractivity contribution in [3.63, 3.8) is 0 Å². The van der Waals surface area contributed by atoms with Crippen molar-refractivity contribution < 1.29 is 9.90 Å². The average Bonchev–Trinajstić information content (AvgIpc) is 2.52. The number of benzene rings is 2. The van der Waals surface area contributed by atoms with Crippen LogP contribution in [0.15, 0.2) is 65.7 Å². The molecule has 1 atom stereocenters. The molecule has 0 aromatic heterocycles. The Morgan fingerprint density at radius 3 is 1.74 bits per heavy atom. The van der Waals surface area contributed by atoms with Crippen molar-refractivity contribution >= 4 is 19.8 Å². The Morgan fingerprint density at radius 1 is 0.957 bits per heavy atom. The molecular formula is C19H23NO2Si. The number of hydrogen-bond acceptors (Lipinski definition) is 2. The third kappa shape index (κ3) is 5.18.